The Morgan fingerprint density at radius 1 is 1.03 bits per heavy atom. The highest BCUT2D eigenvalue weighted by atomic mass is 35.5. The average molecular weight is 547 g/mol. The summed E-state index contributed by atoms with van der Waals surface area (Å²) in [6.45, 7) is 0. The quantitative estimate of drug-likeness (QED) is 0.268. The number of carbonyl (C=O) groups excluding carboxylic acids is 1. The molecule has 4 aromatic rings. The van der Waals surface area contributed by atoms with Crippen molar-refractivity contribution < 1.29 is 9.53 Å². The maximum Gasteiger partial charge on any atom is 0.358 e. The minimum absolute atomic E-state index is 0. The molecule has 0 spiro atoms. The third-order valence-electron chi connectivity index (χ3n) is 6.68. The van der Waals surface area contributed by atoms with Crippen molar-refractivity contribution in [3.8, 4) is 28.3 Å². The molecule has 2 aliphatic rings. The van der Waals surface area contributed by atoms with Gasteiger partial charge in [0.15, 0.2) is 11.5 Å². The highest BCUT2D eigenvalue weighted by Gasteiger charge is 2.35. The Morgan fingerprint density at radius 2 is 1.75 bits per heavy atom. The SMILES string of the molecule is COC(=O)c1nc2n(c1-c1ccc(C3(N)CCC3)cc1)-c1cccnc1Nc1ccccc1-2.Cl.Cl.Cl. The summed E-state index contributed by atoms with van der Waals surface area (Å²) >= 11 is 0. The van der Waals surface area contributed by atoms with Gasteiger partial charge >= 0.3 is 5.97 Å². The van der Waals surface area contributed by atoms with Crippen LogP contribution in [0.2, 0.25) is 0 Å². The largest absolute Gasteiger partial charge is 0.464 e. The molecule has 0 saturated heterocycles. The number of fused-ring (bicyclic) bond motifs is 5. The number of benzene rings is 2. The number of nitrogens with zero attached hydrogens (tertiary/aromatic N) is 3. The van der Waals surface area contributed by atoms with Crippen LogP contribution in [-0.4, -0.2) is 27.6 Å². The number of rotatable bonds is 3. The van der Waals surface area contributed by atoms with E-state index in [0.717, 1.165) is 47.3 Å². The molecule has 0 radical (unpaired) electrons. The number of hydrogen-bond acceptors (Lipinski definition) is 6. The molecule has 3 heterocycles. The van der Waals surface area contributed by atoms with Gasteiger partial charge in [-0.2, -0.15) is 0 Å². The predicted molar refractivity (Wildman–Crippen MR) is 148 cm³/mol. The first-order valence-corrected chi connectivity index (χ1v) is 11.0. The zero-order chi connectivity index (χ0) is 22.6. The number of imidazole rings is 1. The molecule has 1 aliphatic heterocycles. The summed E-state index contributed by atoms with van der Waals surface area (Å²) in [5.41, 5.74) is 11.7. The number of hydrogen-bond donors (Lipinski definition) is 2. The third-order valence-corrected chi connectivity index (χ3v) is 6.68. The second kappa shape index (κ2) is 10.5. The predicted octanol–water partition coefficient (Wildman–Crippen LogP) is 6.05. The molecule has 7 nitrogen and oxygen atoms in total. The standard InChI is InChI=1S/C26H23N5O2.3ClH/c1-33-25(32)21-22(16-9-11-17(12-10-16)26(27)13-5-14-26)31-20-8-4-15-28-23(20)29-19-7-3-2-6-18(19)24(31)30-21;;;/h2-4,6-12,15H,5,13-14,27H2,1H3,(H,28,29);3*1H. The lowest BCUT2D eigenvalue weighted by molar-refractivity contribution is 0.0595. The van der Waals surface area contributed by atoms with Gasteiger partial charge in [0.2, 0.25) is 0 Å². The van der Waals surface area contributed by atoms with Crippen molar-refractivity contribution in [2.75, 3.05) is 12.4 Å². The first-order valence-electron chi connectivity index (χ1n) is 11.0. The molecule has 0 unspecified atom stereocenters. The van der Waals surface area contributed by atoms with Crippen molar-refractivity contribution in [3.05, 3.63) is 78.1 Å². The van der Waals surface area contributed by atoms with E-state index in [1.165, 1.54) is 7.11 Å². The summed E-state index contributed by atoms with van der Waals surface area (Å²) in [4.78, 5) is 22.2. The number of pyridine rings is 1. The van der Waals surface area contributed by atoms with E-state index in [0.29, 0.717) is 17.3 Å². The number of nitrogens with one attached hydrogen (secondary N) is 1. The van der Waals surface area contributed by atoms with E-state index in [1.807, 2.05) is 53.1 Å². The lowest BCUT2D eigenvalue weighted by Gasteiger charge is -2.38. The van der Waals surface area contributed by atoms with Crippen molar-refractivity contribution >= 4 is 54.7 Å². The number of ether oxygens (including phenoxy) is 1. The number of nitrogens with two attached hydrogens (primary N) is 1. The lowest BCUT2D eigenvalue weighted by atomic mass is 9.72. The van der Waals surface area contributed by atoms with Crippen molar-refractivity contribution in [1.29, 1.82) is 0 Å². The number of carbonyl (C=O) groups is 1. The van der Waals surface area contributed by atoms with Crippen LogP contribution < -0.4 is 11.1 Å². The number of aromatic nitrogens is 3. The Kier molecular flexibility index (Phi) is 8.00. The molecule has 188 valence electrons. The minimum atomic E-state index is -0.486. The summed E-state index contributed by atoms with van der Waals surface area (Å²) in [6.07, 6.45) is 4.87. The molecular weight excluding hydrogens is 521 g/mol. The van der Waals surface area contributed by atoms with E-state index in [4.69, 9.17) is 15.5 Å². The molecule has 2 aromatic carbocycles. The summed E-state index contributed by atoms with van der Waals surface area (Å²) in [5.74, 6) is 0.851. The van der Waals surface area contributed by atoms with Crippen LogP contribution in [0.4, 0.5) is 11.5 Å². The fraction of sp³-hybridized carbons (Fsp3) is 0.192. The Balaban J connectivity index is 0.00000120. The molecule has 1 aliphatic carbocycles. The highest BCUT2D eigenvalue weighted by molar-refractivity contribution is 5.98. The van der Waals surface area contributed by atoms with E-state index < -0.39 is 5.97 Å². The van der Waals surface area contributed by atoms with Crippen molar-refractivity contribution in [1.82, 2.24) is 14.5 Å². The molecule has 1 saturated carbocycles. The van der Waals surface area contributed by atoms with Crippen molar-refractivity contribution in [2.45, 2.75) is 24.8 Å². The molecule has 1 fully saturated rings. The van der Waals surface area contributed by atoms with Crippen LogP contribution in [-0.2, 0) is 10.3 Å². The van der Waals surface area contributed by atoms with Crippen molar-refractivity contribution in [2.24, 2.45) is 5.73 Å². The first-order chi connectivity index (χ1) is 16.1. The second-order valence-electron chi connectivity index (χ2n) is 8.59. The highest BCUT2D eigenvalue weighted by Crippen LogP contribution is 2.43. The van der Waals surface area contributed by atoms with E-state index in [-0.39, 0.29) is 48.5 Å². The monoisotopic (exact) mass is 545 g/mol. The zero-order valence-corrected chi connectivity index (χ0v) is 21.9. The fourth-order valence-corrected chi connectivity index (χ4v) is 4.74. The number of halogens is 3. The van der Waals surface area contributed by atoms with Gasteiger partial charge in [-0.1, -0.05) is 36.4 Å². The van der Waals surface area contributed by atoms with E-state index in [9.17, 15) is 4.79 Å². The van der Waals surface area contributed by atoms with Gasteiger partial charge in [0, 0.05) is 22.9 Å². The molecule has 3 N–H and O–H groups in total. The van der Waals surface area contributed by atoms with Gasteiger partial charge < -0.3 is 15.8 Å². The van der Waals surface area contributed by atoms with Gasteiger partial charge in [-0.15, -0.1) is 37.2 Å². The molecule has 0 bridgehead atoms. The van der Waals surface area contributed by atoms with Crippen LogP contribution in [0.25, 0.3) is 28.3 Å². The van der Waals surface area contributed by atoms with Crippen LogP contribution in [0, 0.1) is 0 Å². The normalized spacial score (nSPS) is 13.9. The third kappa shape index (κ3) is 4.22. The average Bonchev–Trinajstić information content (AvgIpc) is 3.17. The van der Waals surface area contributed by atoms with Crippen LogP contribution in [0.1, 0.15) is 35.3 Å². The minimum Gasteiger partial charge on any atom is -0.464 e. The smallest absolute Gasteiger partial charge is 0.358 e. The molecule has 36 heavy (non-hydrogen) atoms. The summed E-state index contributed by atoms with van der Waals surface area (Å²) < 4.78 is 7.11. The first kappa shape index (κ1) is 27.5. The summed E-state index contributed by atoms with van der Waals surface area (Å²) in [6, 6.07) is 19.9. The van der Waals surface area contributed by atoms with Crippen LogP contribution in [0.15, 0.2) is 66.9 Å². The van der Waals surface area contributed by atoms with E-state index in [1.54, 1.807) is 6.20 Å². The zero-order valence-electron chi connectivity index (χ0n) is 19.4. The van der Waals surface area contributed by atoms with E-state index in [2.05, 4.69) is 22.4 Å². The fourth-order valence-electron chi connectivity index (χ4n) is 4.74. The van der Waals surface area contributed by atoms with Crippen LogP contribution in [0.3, 0.4) is 0 Å². The van der Waals surface area contributed by atoms with Gasteiger partial charge in [0.25, 0.3) is 0 Å². The maximum absolute atomic E-state index is 12.9. The Morgan fingerprint density at radius 3 is 2.42 bits per heavy atom. The van der Waals surface area contributed by atoms with Gasteiger partial charge in [0.1, 0.15) is 5.82 Å². The Bertz CT molecular complexity index is 1400. The number of para-hydroxylation sites is 1. The second-order valence-corrected chi connectivity index (χ2v) is 8.59. The molecule has 0 amide bonds. The molecule has 0 atom stereocenters. The summed E-state index contributed by atoms with van der Waals surface area (Å²) in [7, 11) is 1.37. The number of methoxy groups -OCH3 is 1. The Labute approximate surface area is 227 Å². The maximum atomic E-state index is 12.9. The lowest BCUT2D eigenvalue weighted by Crippen LogP contribution is -2.43. The number of esters is 1. The van der Waals surface area contributed by atoms with Gasteiger partial charge in [-0.3, -0.25) is 4.57 Å². The Hall–Kier alpha value is -3.10. The van der Waals surface area contributed by atoms with Crippen LogP contribution >= 0.6 is 37.2 Å². The van der Waals surface area contributed by atoms with E-state index >= 15 is 0 Å². The van der Waals surface area contributed by atoms with Gasteiger partial charge in [0.05, 0.1) is 24.2 Å². The topological polar surface area (TPSA) is 95.1 Å². The number of anilines is 2. The van der Waals surface area contributed by atoms with Gasteiger partial charge in [-0.25, -0.2) is 14.8 Å². The molecule has 6 rings (SSSR count). The van der Waals surface area contributed by atoms with Gasteiger partial charge in [-0.05, 0) is 49.1 Å². The molecule has 10 heteroatoms. The van der Waals surface area contributed by atoms with Crippen LogP contribution in [0.5, 0.6) is 0 Å². The summed E-state index contributed by atoms with van der Waals surface area (Å²) in [5, 5.41) is 3.42. The molecular formula is C26H26Cl3N5O2. The molecule has 2 aromatic heterocycles. The van der Waals surface area contributed by atoms with Crippen molar-refractivity contribution in [3.63, 3.8) is 0 Å².